The zero-order valence-electron chi connectivity index (χ0n) is 16.5. The van der Waals surface area contributed by atoms with Crippen molar-refractivity contribution in [3.63, 3.8) is 0 Å². The Bertz CT molecular complexity index is 693. The van der Waals surface area contributed by atoms with E-state index in [-0.39, 0.29) is 0 Å². The number of guanidine groups is 1. The van der Waals surface area contributed by atoms with E-state index in [1.807, 2.05) is 22.9 Å². The Morgan fingerprint density at radius 3 is 2.85 bits per heavy atom. The number of aliphatic imine (C=N–C) groups is 1. The highest BCUT2D eigenvalue weighted by Gasteiger charge is 2.12. The number of thiophene rings is 1. The Morgan fingerprint density at radius 2 is 2.19 bits per heavy atom. The first-order valence-electron chi connectivity index (χ1n) is 9.03. The van der Waals surface area contributed by atoms with Crippen LogP contribution in [0.4, 0.5) is 0 Å². The van der Waals surface area contributed by atoms with Crippen LogP contribution in [0, 0.1) is 19.8 Å². The average Bonchev–Trinajstić information content (AvgIpc) is 3.22. The molecule has 0 radical (unpaired) electrons. The third-order valence-corrected chi connectivity index (χ3v) is 5.34. The quantitative estimate of drug-likeness (QED) is 0.521. The molecular weight excluding hydrogens is 346 g/mol. The topological polar surface area (TPSA) is 63.5 Å². The molecule has 1 unspecified atom stereocenters. The zero-order chi connectivity index (χ0) is 18.9. The molecule has 144 valence electrons. The van der Waals surface area contributed by atoms with Crippen molar-refractivity contribution in [2.75, 3.05) is 27.3 Å². The van der Waals surface area contributed by atoms with Crippen LogP contribution in [0.2, 0.25) is 0 Å². The summed E-state index contributed by atoms with van der Waals surface area (Å²) in [5, 5.41) is 13.6. The summed E-state index contributed by atoms with van der Waals surface area (Å²) in [4.78, 5) is 5.77. The lowest BCUT2D eigenvalue weighted by atomic mass is 10.1. The van der Waals surface area contributed by atoms with E-state index >= 15 is 0 Å². The van der Waals surface area contributed by atoms with E-state index < -0.39 is 0 Å². The van der Waals surface area contributed by atoms with Crippen molar-refractivity contribution in [1.29, 1.82) is 0 Å². The second-order valence-corrected chi connectivity index (χ2v) is 7.59. The minimum absolute atomic E-state index is 0.549. The number of rotatable bonds is 9. The maximum Gasteiger partial charge on any atom is 0.191 e. The molecule has 1 atom stereocenters. The van der Waals surface area contributed by atoms with Gasteiger partial charge in [-0.05, 0) is 37.6 Å². The van der Waals surface area contributed by atoms with E-state index in [2.05, 4.69) is 52.1 Å². The molecule has 0 saturated carbocycles. The standard InChI is InChI=1S/C19H31N5OS/c1-14(11-17-7-6-10-26-17)12-21-19(20-4)22-13-18-15(2)23-24(16(18)3)8-9-25-5/h6-7,10,14H,8-9,11-13H2,1-5H3,(H2,20,21,22). The second kappa shape index (κ2) is 10.3. The molecule has 26 heavy (non-hydrogen) atoms. The Morgan fingerprint density at radius 1 is 1.38 bits per heavy atom. The van der Waals surface area contributed by atoms with E-state index in [0.29, 0.717) is 19.1 Å². The van der Waals surface area contributed by atoms with Gasteiger partial charge in [-0.1, -0.05) is 13.0 Å². The van der Waals surface area contributed by atoms with Crippen LogP contribution in [0.25, 0.3) is 0 Å². The summed E-state index contributed by atoms with van der Waals surface area (Å²) in [5.74, 6) is 1.37. The molecular formula is C19H31N5OS. The van der Waals surface area contributed by atoms with E-state index in [1.54, 1.807) is 14.2 Å². The highest BCUT2D eigenvalue weighted by molar-refractivity contribution is 7.09. The summed E-state index contributed by atoms with van der Waals surface area (Å²) in [5.41, 5.74) is 3.44. The van der Waals surface area contributed by atoms with Crippen LogP contribution >= 0.6 is 11.3 Å². The molecule has 2 aromatic rings. The number of nitrogens with zero attached hydrogens (tertiary/aromatic N) is 3. The van der Waals surface area contributed by atoms with E-state index in [9.17, 15) is 0 Å². The Balaban J connectivity index is 1.84. The lowest BCUT2D eigenvalue weighted by Gasteiger charge is -2.16. The highest BCUT2D eigenvalue weighted by atomic mass is 32.1. The number of aryl methyl sites for hydroxylation is 1. The highest BCUT2D eigenvalue weighted by Crippen LogP contribution is 2.14. The molecule has 2 rings (SSSR count). The van der Waals surface area contributed by atoms with Gasteiger partial charge in [0.05, 0.1) is 18.8 Å². The summed E-state index contributed by atoms with van der Waals surface area (Å²) in [6.45, 7) is 9.45. The van der Waals surface area contributed by atoms with Gasteiger partial charge < -0.3 is 15.4 Å². The molecule has 0 saturated heterocycles. The Labute approximate surface area is 160 Å². The van der Waals surface area contributed by atoms with Crippen molar-refractivity contribution < 1.29 is 4.74 Å². The summed E-state index contributed by atoms with van der Waals surface area (Å²) in [7, 11) is 3.52. The smallest absolute Gasteiger partial charge is 0.191 e. The van der Waals surface area contributed by atoms with Gasteiger partial charge >= 0.3 is 0 Å². The molecule has 0 aliphatic carbocycles. The summed E-state index contributed by atoms with van der Waals surface area (Å²) >= 11 is 1.82. The van der Waals surface area contributed by atoms with Crippen molar-refractivity contribution in [2.24, 2.45) is 10.9 Å². The SMILES string of the molecule is CN=C(NCc1c(C)nn(CCOC)c1C)NCC(C)Cc1cccs1. The van der Waals surface area contributed by atoms with Gasteiger partial charge in [0.2, 0.25) is 0 Å². The van der Waals surface area contributed by atoms with Crippen molar-refractivity contribution in [2.45, 2.75) is 40.3 Å². The average molecular weight is 378 g/mol. The number of nitrogens with one attached hydrogen (secondary N) is 2. The number of ether oxygens (including phenoxy) is 1. The normalized spacial score (nSPS) is 13.0. The molecule has 2 heterocycles. The first-order chi connectivity index (χ1) is 12.5. The molecule has 2 aromatic heterocycles. The summed E-state index contributed by atoms with van der Waals surface area (Å²) in [6.07, 6.45) is 1.09. The number of methoxy groups -OCH3 is 1. The molecule has 0 aliphatic rings. The van der Waals surface area contributed by atoms with E-state index in [0.717, 1.165) is 31.2 Å². The third-order valence-electron chi connectivity index (χ3n) is 4.44. The van der Waals surface area contributed by atoms with Gasteiger partial charge in [-0.3, -0.25) is 9.67 Å². The molecule has 0 bridgehead atoms. The number of hydrogen-bond acceptors (Lipinski definition) is 4. The Kier molecular flexibility index (Phi) is 8.12. The van der Waals surface area contributed by atoms with Crippen LogP contribution in [-0.4, -0.2) is 43.0 Å². The number of aromatic nitrogens is 2. The van der Waals surface area contributed by atoms with E-state index in [4.69, 9.17) is 4.74 Å². The summed E-state index contributed by atoms with van der Waals surface area (Å²) in [6, 6.07) is 4.30. The second-order valence-electron chi connectivity index (χ2n) is 6.56. The van der Waals surface area contributed by atoms with Crippen molar-refractivity contribution in [1.82, 2.24) is 20.4 Å². The first kappa shape index (κ1) is 20.5. The van der Waals surface area contributed by atoms with Gasteiger partial charge in [0.15, 0.2) is 5.96 Å². The van der Waals surface area contributed by atoms with Gasteiger partial charge in [-0.25, -0.2) is 0 Å². The van der Waals surface area contributed by atoms with Crippen LogP contribution in [0.5, 0.6) is 0 Å². The maximum absolute atomic E-state index is 5.15. The van der Waals surface area contributed by atoms with Crippen molar-refractivity contribution in [3.8, 4) is 0 Å². The first-order valence-corrected chi connectivity index (χ1v) is 9.91. The van der Waals surface area contributed by atoms with Gasteiger partial charge in [-0.15, -0.1) is 11.3 Å². The van der Waals surface area contributed by atoms with Gasteiger partial charge in [0.1, 0.15) is 0 Å². The third kappa shape index (κ3) is 5.85. The molecule has 6 nitrogen and oxygen atoms in total. The lowest BCUT2D eigenvalue weighted by molar-refractivity contribution is 0.182. The molecule has 7 heteroatoms. The molecule has 0 aliphatic heterocycles. The number of hydrogen-bond donors (Lipinski definition) is 2. The van der Waals surface area contributed by atoms with Crippen molar-refractivity contribution in [3.05, 3.63) is 39.3 Å². The lowest BCUT2D eigenvalue weighted by Crippen LogP contribution is -2.39. The molecule has 0 fully saturated rings. The predicted molar refractivity (Wildman–Crippen MR) is 109 cm³/mol. The molecule has 2 N–H and O–H groups in total. The van der Waals surface area contributed by atoms with Gasteiger partial charge in [-0.2, -0.15) is 5.10 Å². The molecule has 0 amide bonds. The predicted octanol–water partition coefficient (Wildman–Crippen LogP) is 2.75. The van der Waals surface area contributed by atoms with Crippen LogP contribution in [0.1, 0.15) is 28.8 Å². The molecule has 0 spiro atoms. The van der Waals surface area contributed by atoms with Crippen LogP contribution in [0.3, 0.4) is 0 Å². The maximum atomic E-state index is 5.15. The fourth-order valence-corrected chi connectivity index (χ4v) is 3.76. The largest absolute Gasteiger partial charge is 0.383 e. The monoisotopic (exact) mass is 377 g/mol. The van der Waals surface area contributed by atoms with Crippen LogP contribution < -0.4 is 10.6 Å². The zero-order valence-corrected chi connectivity index (χ0v) is 17.3. The Hall–Kier alpha value is -1.86. The minimum Gasteiger partial charge on any atom is -0.383 e. The fourth-order valence-electron chi connectivity index (χ4n) is 2.89. The van der Waals surface area contributed by atoms with Crippen LogP contribution in [-0.2, 0) is 24.2 Å². The molecule has 0 aromatic carbocycles. The van der Waals surface area contributed by atoms with Gasteiger partial charge in [0.25, 0.3) is 0 Å². The van der Waals surface area contributed by atoms with Crippen LogP contribution in [0.15, 0.2) is 22.5 Å². The fraction of sp³-hybridized carbons (Fsp3) is 0.579. The van der Waals surface area contributed by atoms with Gasteiger partial charge in [0, 0.05) is 43.4 Å². The van der Waals surface area contributed by atoms with E-state index in [1.165, 1.54) is 16.1 Å². The van der Waals surface area contributed by atoms with Crippen molar-refractivity contribution >= 4 is 17.3 Å². The minimum atomic E-state index is 0.549. The summed E-state index contributed by atoms with van der Waals surface area (Å²) < 4.78 is 7.16.